The summed E-state index contributed by atoms with van der Waals surface area (Å²) in [4.78, 5) is 11.7. The fourth-order valence-electron chi connectivity index (χ4n) is 1.85. The molecule has 0 spiro atoms. The number of benzene rings is 1. The smallest absolute Gasteiger partial charge is 0.226 e. The highest BCUT2D eigenvalue weighted by Gasteiger charge is 2.25. The van der Waals surface area contributed by atoms with Crippen LogP contribution in [0.5, 0.6) is 5.75 Å². The zero-order chi connectivity index (χ0) is 11.5. The molecule has 1 amide bonds. The number of carbonyl (C=O) groups excluding carboxylic acids is 1. The summed E-state index contributed by atoms with van der Waals surface area (Å²) in [7, 11) is 0. The zero-order valence-corrected chi connectivity index (χ0v) is 9.88. The Balaban J connectivity index is 2.13. The molecule has 1 aliphatic heterocycles. The van der Waals surface area contributed by atoms with Gasteiger partial charge in [0, 0.05) is 11.6 Å². The lowest BCUT2D eigenvalue weighted by atomic mass is 9.96. The van der Waals surface area contributed by atoms with Crippen molar-refractivity contribution in [1.29, 1.82) is 0 Å². The van der Waals surface area contributed by atoms with Gasteiger partial charge in [-0.05, 0) is 37.1 Å². The minimum Gasteiger partial charge on any atom is -0.492 e. The van der Waals surface area contributed by atoms with E-state index in [9.17, 15) is 4.79 Å². The quantitative estimate of drug-likeness (QED) is 0.858. The van der Waals surface area contributed by atoms with Gasteiger partial charge in [-0.15, -0.1) is 0 Å². The van der Waals surface area contributed by atoms with Crippen LogP contribution in [0.15, 0.2) is 18.2 Å². The van der Waals surface area contributed by atoms with Crippen LogP contribution in [0.4, 0.5) is 0 Å². The molecule has 0 saturated carbocycles. The van der Waals surface area contributed by atoms with E-state index in [0.29, 0.717) is 24.6 Å². The van der Waals surface area contributed by atoms with Crippen molar-refractivity contribution in [3.8, 4) is 5.75 Å². The molecule has 3 nitrogen and oxygen atoms in total. The number of halogens is 1. The maximum absolute atomic E-state index is 11.7. The van der Waals surface area contributed by atoms with Gasteiger partial charge >= 0.3 is 0 Å². The van der Waals surface area contributed by atoms with Crippen molar-refractivity contribution >= 4 is 17.5 Å². The highest BCUT2D eigenvalue weighted by Crippen LogP contribution is 2.29. The Kier molecular flexibility index (Phi) is 3.34. The summed E-state index contributed by atoms with van der Waals surface area (Å²) < 4.78 is 5.54. The third-order valence-corrected chi connectivity index (χ3v) is 2.89. The molecule has 2 rings (SSSR count). The van der Waals surface area contributed by atoms with Crippen LogP contribution < -0.4 is 10.1 Å². The molecule has 0 radical (unpaired) electrons. The monoisotopic (exact) mass is 239 g/mol. The Morgan fingerprint density at radius 1 is 1.62 bits per heavy atom. The van der Waals surface area contributed by atoms with E-state index in [-0.39, 0.29) is 11.8 Å². The van der Waals surface area contributed by atoms with E-state index in [4.69, 9.17) is 16.3 Å². The second kappa shape index (κ2) is 4.74. The third-order valence-electron chi connectivity index (χ3n) is 2.65. The number of hydrogen-bond donors (Lipinski definition) is 1. The molecular formula is C12H14ClNO2. The van der Waals surface area contributed by atoms with Gasteiger partial charge in [0.15, 0.2) is 0 Å². The van der Waals surface area contributed by atoms with Crippen molar-refractivity contribution in [3.05, 3.63) is 28.8 Å². The first-order valence-electron chi connectivity index (χ1n) is 5.39. The molecule has 1 aromatic rings. The number of ether oxygens (including phenoxy) is 1. The predicted molar refractivity (Wildman–Crippen MR) is 62.8 cm³/mol. The molecule has 86 valence electrons. The molecule has 0 aromatic heterocycles. The van der Waals surface area contributed by atoms with Gasteiger partial charge < -0.3 is 10.1 Å². The second-order valence-electron chi connectivity index (χ2n) is 3.86. The Hall–Kier alpha value is -1.22. The van der Waals surface area contributed by atoms with Crippen LogP contribution in [0.1, 0.15) is 12.5 Å². The Labute approximate surface area is 99.7 Å². The van der Waals surface area contributed by atoms with E-state index >= 15 is 0 Å². The van der Waals surface area contributed by atoms with Crippen molar-refractivity contribution in [3.63, 3.8) is 0 Å². The SMILES string of the molecule is CCNC(=O)C1COc2ccc(Cl)cc2C1. The topological polar surface area (TPSA) is 38.3 Å². The number of fused-ring (bicyclic) bond motifs is 1. The Morgan fingerprint density at radius 3 is 3.19 bits per heavy atom. The lowest BCUT2D eigenvalue weighted by Gasteiger charge is -2.24. The first kappa shape index (κ1) is 11.3. The average Bonchev–Trinajstić information content (AvgIpc) is 2.28. The van der Waals surface area contributed by atoms with Gasteiger partial charge in [-0.2, -0.15) is 0 Å². The number of hydrogen-bond acceptors (Lipinski definition) is 2. The molecule has 1 atom stereocenters. The van der Waals surface area contributed by atoms with Crippen molar-refractivity contribution < 1.29 is 9.53 Å². The van der Waals surface area contributed by atoms with Gasteiger partial charge in [-0.1, -0.05) is 11.6 Å². The van der Waals surface area contributed by atoms with E-state index in [1.165, 1.54) is 0 Å². The van der Waals surface area contributed by atoms with E-state index in [1.54, 1.807) is 6.07 Å². The van der Waals surface area contributed by atoms with Crippen LogP contribution in [0.2, 0.25) is 5.02 Å². The Bertz CT molecular complexity index is 406. The van der Waals surface area contributed by atoms with Crippen LogP contribution in [0.25, 0.3) is 0 Å². The van der Waals surface area contributed by atoms with Crippen molar-refractivity contribution in [2.45, 2.75) is 13.3 Å². The second-order valence-corrected chi connectivity index (χ2v) is 4.30. The summed E-state index contributed by atoms with van der Waals surface area (Å²) in [6, 6.07) is 5.51. The molecule has 1 unspecified atom stereocenters. The van der Waals surface area contributed by atoms with Gasteiger partial charge in [0.1, 0.15) is 12.4 Å². The summed E-state index contributed by atoms with van der Waals surface area (Å²) in [6.07, 6.45) is 0.696. The van der Waals surface area contributed by atoms with Crippen molar-refractivity contribution in [2.24, 2.45) is 5.92 Å². The van der Waals surface area contributed by atoms with Crippen molar-refractivity contribution in [1.82, 2.24) is 5.32 Å². The third kappa shape index (κ3) is 2.30. The molecule has 0 bridgehead atoms. The molecule has 0 saturated heterocycles. The number of nitrogens with one attached hydrogen (secondary N) is 1. The lowest BCUT2D eigenvalue weighted by Crippen LogP contribution is -2.37. The van der Waals surface area contributed by atoms with Gasteiger partial charge in [-0.25, -0.2) is 0 Å². The maximum Gasteiger partial charge on any atom is 0.226 e. The number of amides is 1. The molecular weight excluding hydrogens is 226 g/mol. The van der Waals surface area contributed by atoms with Gasteiger partial charge in [0.05, 0.1) is 5.92 Å². The average molecular weight is 240 g/mol. The molecule has 1 aliphatic rings. The molecule has 0 aliphatic carbocycles. The first-order chi connectivity index (χ1) is 7.70. The van der Waals surface area contributed by atoms with Crippen molar-refractivity contribution in [2.75, 3.05) is 13.2 Å². The minimum absolute atomic E-state index is 0.0492. The zero-order valence-electron chi connectivity index (χ0n) is 9.13. The fraction of sp³-hybridized carbons (Fsp3) is 0.417. The minimum atomic E-state index is -0.106. The first-order valence-corrected chi connectivity index (χ1v) is 5.77. The molecule has 0 fully saturated rings. The van der Waals surface area contributed by atoms with E-state index in [2.05, 4.69) is 5.32 Å². The molecule has 1 N–H and O–H groups in total. The highest BCUT2D eigenvalue weighted by molar-refractivity contribution is 6.30. The lowest BCUT2D eigenvalue weighted by molar-refractivity contribution is -0.126. The normalized spacial score (nSPS) is 18.5. The molecule has 1 aromatic carbocycles. The summed E-state index contributed by atoms with van der Waals surface area (Å²) >= 11 is 5.91. The summed E-state index contributed by atoms with van der Waals surface area (Å²) in [5.41, 5.74) is 1.01. The van der Waals surface area contributed by atoms with Crippen LogP contribution >= 0.6 is 11.6 Å². The van der Waals surface area contributed by atoms with E-state index in [0.717, 1.165) is 11.3 Å². The standard InChI is InChI=1S/C12H14ClNO2/c1-2-14-12(15)9-5-8-6-10(13)3-4-11(8)16-7-9/h3-4,6,9H,2,5,7H2,1H3,(H,14,15). The molecule has 1 heterocycles. The van der Waals surface area contributed by atoms with E-state index in [1.807, 2.05) is 19.1 Å². The molecule has 4 heteroatoms. The van der Waals surface area contributed by atoms with E-state index < -0.39 is 0 Å². The summed E-state index contributed by atoms with van der Waals surface area (Å²) in [5.74, 6) is 0.781. The number of carbonyl (C=O) groups is 1. The largest absolute Gasteiger partial charge is 0.492 e. The predicted octanol–water partition coefficient (Wildman–Crippen LogP) is 2.03. The maximum atomic E-state index is 11.7. The van der Waals surface area contributed by atoms with Gasteiger partial charge in [0.25, 0.3) is 0 Å². The molecule has 16 heavy (non-hydrogen) atoms. The van der Waals surface area contributed by atoms with Crippen LogP contribution in [-0.4, -0.2) is 19.1 Å². The number of rotatable bonds is 2. The van der Waals surface area contributed by atoms with Gasteiger partial charge in [0.2, 0.25) is 5.91 Å². The van der Waals surface area contributed by atoms with Crippen LogP contribution in [-0.2, 0) is 11.2 Å². The van der Waals surface area contributed by atoms with Gasteiger partial charge in [-0.3, -0.25) is 4.79 Å². The fourth-order valence-corrected chi connectivity index (χ4v) is 2.04. The van der Waals surface area contributed by atoms with Crippen LogP contribution in [0, 0.1) is 5.92 Å². The summed E-state index contributed by atoms with van der Waals surface area (Å²) in [5, 5.41) is 3.49. The highest BCUT2D eigenvalue weighted by atomic mass is 35.5. The van der Waals surface area contributed by atoms with Crippen LogP contribution in [0.3, 0.4) is 0 Å². The summed E-state index contributed by atoms with van der Waals surface area (Å²) in [6.45, 7) is 3.00. The Morgan fingerprint density at radius 2 is 2.44 bits per heavy atom.